The topological polar surface area (TPSA) is 30.3 Å². The van der Waals surface area contributed by atoms with Crippen LogP contribution in [0, 0.1) is 17.1 Å². The minimum Gasteiger partial charge on any atom is -0.298 e. The maximum atomic E-state index is 13.3. The highest BCUT2D eigenvalue weighted by atomic mass is 19.1. The first kappa shape index (κ1) is 14.0. The molecule has 0 radical (unpaired) electrons. The van der Waals surface area contributed by atoms with Crippen molar-refractivity contribution >= 4 is 0 Å². The van der Waals surface area contributed by atoms with Gasteiger partial charge in [-0.25, -0.2) is 4.39 Å². The number of benzene rings is 1. The highest BCUT2D eigenvalue weighted by Gasteiger charge is 2.26. The molecule has 1 saturated heterocycles. The summed E-state index contributed by atoms with van der Waals surface area (Å²) in [5, 5.41) is 8.86. The van der Waals surface area contributed by atoms with Crippen LogP contribution in [0.2, 0.25) is 0 Å². The van der Waals surface area contributed by atoms with Gasteiger partial charge in [-0.15, -0.1) is 0 Å². The zero-order valence-electron chi connectivity index (χ0n) is 11.7. The Morgan fingerprint density at radius 1 is 1.32 bits per heavy atom. The summed E-state index contributed by atoms with van der Waals surface area (Å²) in [4.78, 5) is 4.74. The number of piperazine rings is 1. The lowest BCUT2D eigenvalue weighted by Crippen LogP contribution is -2.54. The van der Waals surface area contributed by atoms with Crippen LogP contribution in [0.4, 0.5) is 4.39 Å². The van der Waals surface area contributed by atoms with Crippen LogP contribution in [0.15, 0.2) is 18.2 Å². The molecule has 1 aliphatic heterocycles. The van der Waals surface area contributed by atoms with E-state index in [-0.39, 0.29) is 5.56 Å². The van der Waals surface area contributed by atoms with Crippen LogP contribution in [0.5, 0.6) is 0 Å². The molecule has 1 aromatic carbocycles. The van der Waals surface area contributed by atoms with E-state index in [1.165, 1.54) is 6.07 Å². The maximum Gasteiger partial charge on any atom is 0.140 e. The lowest BCUT2D eigenvalue weighted by molar-refractivity contribution is 0.0556. The van der Waals surface area contributed by atoms with Gasteiger partial charge < -0.3 is 0 Å². The molecule has 102 valence electrons. The molecule has 1 aliphatic rings. The molecule has 0 amide bonds. The highest BCUT2D eigenvalue weighted by Crippen LogP contribution is 2.17. The first-order valence-corrected chi connectivity index (χ1v) is 6.64. The molecule has 0 saturated carbocycles. The van der Waals surface area contributed by atoms with Crippen LogP contribution >= 0.6 is 0 Å². The van der Waals surface area contributed by atoms with Crippen molar-refractivity contribution in [3.8, 4) is 6.07 Å². The van der Waals surface area contributed by atoms with Gasteiger partial charge in [-0.05, 0) is 38.6 Å². The Balaban J connectivity index is 2.08. The van der Waals surface area contributed by atoms with Crippen molar-refractivity contribution < 1.29 is 4.39 Å². The van der Waals surface area contributed by atoms with E-state index < -0.39 is 5.82 Å². The standard InChI is InChI=1S/C15H20FN3/c1-11-8-19(9-12(2)18(11)3)10-13-4-5-15(16)14(6-13)7-17/h4-6,11-12H,8-10H2,1-3H3. The van der Waals surface area contributed by atoms with Crippen molar-refractivity contribution in [2.45, 2.75) is 32.5 Å². The highest BCUT2D eigenvalue weighted by molar-refractivity contribution is 5.34. The van der Waals surface area contributed by atoms with Gasteiger partial charge in [0.05, 0.1) is 5.56 Å². The number of hydrogen-bond donors (Lipinski definition) is 0. The minimum atomic E-state index is -0.439. The molecule has 2 rings (SSSR count). The maximum absolute atomic E-state index is 13.3. The molecule has 2 atom stereocenters. The Kier molecular flexibility index (Phi) is 4.18. The summed E-state index contributed by atoms with van der Waals surface area (Å²) in [5.74, 6) is -0.439. The molecule has 0 spiro atoms. The largest absolute Gasteiger partial charge is 0.298 e. The number of nitrogens with zero attached hydrogens (tertiary/aromatic N) is 3. The summed E-state index contributed by atoms with van der Waals surface area (Å²) in [6.07, 6.45) is 0. The molecule has 4 heteroatoms. The second-order valence-electron chi connectivity index (χ2n) is 5.48. The van der Waals surface area contributed by atoms with Crippen molar-refractivity contribution in [1.82, 2.24) is 9.80 Å². The molecule has 2 unspecified atom stereocenters. The molecule has 0 aliphatic carbocycles. The van der Waals surface area contributed by atoms with Gasteiger partial charge in [-0.3, -0.25) is 9.80 Å². The summed E-state index contributed by atoms with van der Waals surface area (Å²) >= 11 is 0. The minimum absolute atomic E-state index is 0.132. The van der Waals surface area contributed by atoms with Crippen LogP contribution < -0.4 is 0 Å². The second kappa shape index (κ2) is 5.68. The van der Waals surface area contributed by atoms with Crippen molar-refractivity contribution in [3.05, 3.63) is 35.1 Å². The molecule has 1 heterocycles. The molecule has 0 N–H and O–H groups in total. The third-order valence-electron chi connectivity index (χ3n) is 3.99. The fourth-order valence-corrected chi connectivity index (χ4v) is 2.66. The SMILES string of the molecule is CC1CN(Cc2ccc(F)c(C#N)c2)CC(C)N1C. The van der Waals surface area contributed by atoms with Gasteiger partial charge in [-0.2, -0.15) is 5.26 Å². The van der Waals surface area contributed by atoms with Gasteiger partial charge in [0.15, 0.2) is 0 Å². The summed E-state index contributed by atoms with van der Waals surface area (Å²) in [6.45, 7) is 7.21. The smallest absolute Gasteiger partial charge is 0.140 e. The van der Waals surface area contributed by atoms with E-state index in [2.05, 4.69) is 30.7 Å². The van der Waals surface area contributed by atoms with Gasteiger partial charge in [-0.1, -0.05) is 6.07 Å². The first-order valence-electron chi connectivity index (χ1n) is 6.64. The Morgan fingerprint density at radius 3 is 2.53 bits per heavy atom. The Labute approximate surface area is 114 Å². The van der Waals surface area contributed by atoms with E-state index >= 15 is 0 Å². The number of nitriles is 1. The van der Waals surface area contributed by atoms with E-state index in [0.29, 0.717) is 12.1 Å². The number of likely N-dealkylation sites (N-methyl/N-ethyl adjacent to an activating group) is 1. The van der Waals surface area contributed by atoms with E-state index in [1.807, 2.05) is 6.07 Å². The molecule has 0 bridgehead atoms. The molecular weight excluding hydrogens is 241 g/mol. The van der Waals surface area contributed by atoms with Crippen LogP contribution in [0.25, 0.3) is 0 Å². The van der Waals surface area contributed by atoms with Crippen molar-refractivity contribution in [2.75, 3.05) is 20.1 Å². The third kappa shape index (κ3) is 3.12. The number of halogens is 1. The van der Waals surface area contributed by atoms with Gasteiger partial charge >= 0.3 is 0 Å². The van der Waals surface area contributed by atoms with Crippen LogP contribution in [0.1, 0.15) is 25.0 Å². The van der Waals surface area contributed by atoms with Gasteiger partial charge in [0, 0.05) is 31.7 Å². The van der Waals surface area contributed by atoms with Crippen LogP contribution in [-0.4, -0.2) is 42.0 Å². The summed E-state index contributed by atoms with van der Waals surface area (Å²) in [7, 11) is 2.15. The normalized spacial score (nSPS) is 25.2. The fourth-order valence-electron chi connectivity index (χ4n) is 2.66. The van der Waals surface area contributed by atoms with E-state index in [1.54, 1.807) is 12.1 Å². The predicted molar refractivity (Wildman–Crippen MR) is 73.1 cm³/mol. The Morgan fingerprint density at radius 2 is 1.95 bits per heavy atom. The van der Waals surface area contributed by atoms with Crippen molar-refractivity contribution in [2.24, 2.45) is 0 Å². The average Bonchev–Trinajstić information content (AvgIpc) is 2.38. The summed E-state index contributed by atoms with van der Waals surface area (Å²) < 4.78 is 13.3. The van der Waals surface area contributed by atoms with E-state index in [4.69, 9.17) is 5.26 Å². The van der Waals surface area contributed by atoms with Gasteiger partial charge in [0.1, 0.15) is 11.9 Å². The number of hydrogen-bond acceptors (Lipinski definition) is 3. The zero-order chi connectivity index (χ0) is 14.0. The van der Waals surface area contributed by atoms with Crippen LogP contribution in [-0.2, 0) is 6.54 Å². The van der Waals surface area contributed by atoms with Crippen molar-refractivity contribution in [3.63, 3.8) is 0 Å². The van der Waals surface area contributed by atoms with Gasteiger partial charge in [0.25, 0.3) is 0 Å². The van der Waals surface area contributed by atoms with Crippen molar-refractivity contribution in [1.29, 1.82) is 5.26 Å². The molecule has 1 aromatic rings. The third-order valence-corrected chi connectivity index (χ3v) is 3.99. The molecular formula is C15H20FN3. The Hall–Kier alpha value is -1.44. The molecule has 3 nitrogen and oxygen atoms in total. The van der Waals surface area contributed by atoms with E-state index in [0.717, 1.165) is 25.2 Å². The monoisotopic (exact) mass is 261 g/mol. The van der Waals surface area contributed by atoms with Gasteiger partial charge in [0.2, 0.25) is 0 Å². The quantitative estimate of drug-likeness (QED) is 0.817. The molecule has 19 heavy (non-hydrogen) atoms. The summed E-state index contributed by atoms with van der Waals surface area (Å²) in [5.41, 5.74) is 1.13. The predicted octanol–water partition coefficient (Wildman–Crippen LogP) is 2.22. The Bertz CT molecular complexity index is 483. The first-order chi connectivity index (χ1) is 9.01. The second-order valence-corrected chi connectivity index (χ2v) is 5.48. The summed E-state index contributed by atoms with van der Waals surface area (Å²) in [6, 6.07) is 7.73. The number of rotatable bonds is 2. The molecule has 0 aromatic heterocycles. The molecule has 1 fully saturated rings. The zero-order valence-corrected chi connectivity index (χ0v) is 11.7. The van der Waals surface area contributed by atoms with E-state index in [9.17, 15) is 4.39 Å². The average molecular weight is 261 g/mol. The fraction of sp³-hybridized carbons (Fsp3) is 0.533. The lowest BCUT2D eigenvalue weighted by Gasteiger charge is -2.42. The van der Waals surface area contributed by atoms with Crippen LogP contribution in [0.3, 0.4) is 0 Å². The lowest BCUT2D eigenvalue weighted by atomic mass is 10.1.